The summed E-state index contributed by atoms with van der Waals surface area (Å²) in [5.74, 6) is 0. The predicted octanol–water partition coefficient (Wildman–Crippen LogP) is 2.17. The summed E-state index contributed by atoms with van der Waals surface area (Å²) in [6.45, 7) is 0. The number of nitrogens with zero attached hydrogens (tertiary/aromatic N) is 3. The SMILES string of the molecule is CN(c1ccc(C#N)cc1[N+](=O)[O-])C1CCC(N)CC1. The summed E-state index contributed by atoms with van der Waals surface area (Å²) in [5.41, 5.74) is 6.75. The fourth-order valence-electron chi connectivity index (χ4n) is 2.72. The van der Waals surface area contributed by atoms with Gasteiger partial charge < -0.3 is 10.6 Å². The Labute approximate surface area is 117 Å². The Balaban J connectivity index is 2.27. The highest BCUT2D eigenvalue weighted by Crippen LogP contribution is 2.33. The fourth-order valence-corrected chi connectivity index (χ4v) is 2.72. The molecule has 0 spiro atoms. The zero-order chi connectivity index (χ0) is 14.7. The molecule has 1 aliphatic carbocycles. The first kappa shape index (κ1) is 14.3. The van der Waals surface area contributed by atoms with Gasteiger partial charge in [-0.25, -0.2) is 0 Å². The van der Waals surface area contributed by atoms with Gasteiger partial charge in [0.15, 0.2) is 0 Å². The second kappa shape index (κ2) is 5.88. The van der Waals surface area contributed by atoms with Crippen molar-refractivity contribution in [1.29, 1.82) is 5.26 Å². The van der Waals surface area contributed by atoms with Gasteiger partial charge in [-0.2, -0.15) is 5.26 Å². The first-order valence-electron chi connectivity index (χ1n) is 6.70. The van der Waals surface area contributed by atoms with Crippen molar-refractivity contribution in [2.45, 2.75) is 37.8 Å². The lowest BCUT2D eigenvalue weighted by Crippen LogP contribution is -2.39. The van der Waals surface area contributed by atoms with Gasteiger partial charge in [0.1, 0.15) is 5.69 Å². The van der Waals surface area contributed by atoms with E-state index in [-0.39, 0.29) is 17.8 Å². The zero-order valence-electron chi connectivity index (χ0n) is 11.5. The number of nitro benzene ring substituents is 1. The molecule has 0 atom stereocenters. The number of hydrogen-bond donors (Lipinski definition) is 1. The van der Waals surface area contributed by atoms with E-state index in [1.807, 2.05) is 18.0 Å². The van der Waals surface area contributed by atoms with Crippen LogP contribution in [-0.2, 0) is 0 Å². The maximum absolute atomic E-state index is 11.2. The van der Waals surface area contributed by atoms with Crippen LogP contribution >= 0.6 is 0 Å². The molecule has 0 heterocycles. The number of benzene rings is 1. The van der Waals surface area contributed by atoms with Gasteiger partial charge in [-0.1, -0.05) is 0 Å². The van der Waals surface area contributed by atoms with E-state index >= 15 is 0 Å². The summed E-state index contributed by atoms with van der Waals surface area (Å²) in [6, 6.07) is 7.06. The normalized spacial score (nSPS) is 22.1. The molecule has 0 unspecified atom stereocenters. The number of nitrogens with two attached hydrogens (primary N) is 1. The van der Waals surface area contributed by atoms with Gasteiger partial charge in [0.25, 0.3) is 5.69 Å². The van der Waals surface area contributed by atoms with Gasteiger partial charge in [0.05, 0.1) is 16.6 Å². The van der Waals surface area contributed by atoms with Crippen molar-refractivity contribution in [3.63, 3.8) is 0 Å². The highest BCUT2D eigenvalue weighted by Gasteiger charge is 2.26. The third-order valence-electron chi connectivity index (χ3n) is 3.97. The lowest BCUT2D eigenvalue weighted by molar-refractivity contribution is -0.384. The number of nitriles is 1. The lowest BCUT2D eigenvalue weighted by Gasteiger charge is -2.34. The minimum atomic E-state index is -0.429. The van der Waals surface area contributed by atoms with Crippen LogP contribution in [0.15, 0.2) is 18.2 Å². The van der Waals surface area contributed by atoms with E-state index < -0.39 is 4.92 Å². The third kappa shape index (κ3) is 2.89. The van der Waals surface area contributed by atoms with Crippen LogP contribution in [0.1, 0.15) is 31.2 Å². The molecule has 6 nitrogen and oxygen atoms in total. The monoisotopic (exact) mass is 274 g/mol. The summed E-state index contributed by atoms with van der Waals surface area (Å²) in [4.78, 5) is 12.7. The van der Waals surface area contributed by atoms with Gasteiger partial charge in [-0.05, 0) is 37.8 Å². The van der Waals surface area contributed by atoms with Crippen molar-refractivity contribution in [1.82, 2.24) is 0 Å². The summed E-state index contributed by atoms with van der Waals surface area (Å²) in [6.07, 6.45) is 3.77. The van der Waals surface area contributed by atoms with E-state index in [1.54, 1.807) is 12.1 Å². The zero-order valence-corrected chi connectivity index (χ0v) is 11.5. The summed E-state index contributed by atoms with van der Waals surface area (Å²) in [5, 5.41) is 20.0. The second-order valence-corrected chi connectivity index (χ2v) is 5.25. The quantitative estimate of drug-likeness (QED) is 0.673. The van der Waals surface area contributed by atoms with Gasteiger partial charge in [0, 0.05) is 25.2 Å². The molecule has 0 saturated heterocycles. The van der Waals surface area contributed by atoms with Gasteiger partial charge in [-0.3, -0.25) is 10.1 Å². The number of anilines is 1. The van der Waals surface area contributed by atoms with Crippen LogP contribution in [0.4, 0.5) is 11.4 Å². The van der Waals surface area contributed by atoms with Crippen LogP contribution in [0.2, 0.25) is 0 Å². The van der Waals surface area contributed by atoms with E-state index in [0.717, 1.165) is 25.7 Å². The minimum absolute atomic E-state index is 0.0126. The molecular weight excluding hydrogens is 256 g/mol. The summed E-state index contributed by atoms with van der Waals surface area (Å²) >= 11 is 0. The van der Waals surface area contributed by atoms with Crippen LogP contribution in [0.3, 0.4) is 0 Å². The van der Waals surface area contributed by atoms with E-state index in [9.17, 15) is 10.1 Å². The van der Waals surface area contributed by atoms with Crippen LogP contribution in [0.5, 0.6) is 0 Å². The maximum Gasteiger partial charge on any atom is 0.293 e. The Hall–Kier alpha value is -2.13. The molecule has 1 aromatic rings. The van der Waals surface area contributed by atoms with Crippen molar-refractivity contribution in [3.8, 4) is 6.07 Å². The van der Waals surface area contributed by atoms with Gasteiger partial charge in [-0.15, -0.1) is 0 Å². The molecule has 20 heavy (non-hydrogen) atoms. The van der Waals surface area contributed by atoms with Crippen LogP contribution < -0.4 is 10.6 Å². The van der Waals surface area contributed by atoms with Crippen molar-refractivity contribution in [2.75, 3.05) is 11.9 Å². The van der Waals surface area contributed by atoms with E-state index in [4.69, 9.17) is 11.0 Å². The average Bonchev–Trinajstić information content (AvgIpc) is 2.46. The molecule has 0 bridgehead atoms. The molecule has 0 amide bonds. The van der Waals surface area contributed by atoms with Crippen molar-refractivity contribution in [3.05, 3.63) is 33.9 Å². The molecule has 2 N–H and O–H groups in total. The number of rotatable bonds is 3. The maximum atomic E-state index is 11.2. The highest BCUT2D eigenvalue weighted by atomic mass is 16.6. The molecule has 1 aromatic carbocycles. The van der Waals surface area contributed by atoms with E-state index in [1.165, 1.54) is 6.07 Å². The van der Waals surface area contributed by atoms with Crippen LogP contribution in [0, 0.1) is 21.4 Å². The first-order chi connectivity index (χ1) is 9.52. The Morgan fingerprint density at radius 3 is 2.60 bits per heavy atom. The van der Waals surface area contributed by atoms with Crippen molar-refractivity contribution in [2.24, 2.45) is 5.73 Å². The van der Waals surface area contributed by atoms with Crippen LogP contribution in [-0.4, -0.2) is 24.1 Å². The van der Waals surface area contributed by atoms with Crippen molar-refractivity contribution < 1.29 is 4.92 Å². The van der Waals surface area contributed by atoms with Gasteiger partial charge >= 0.3 is 0 Å². The number of hydrogen-bond acceptors (Lipinski definition) is 5. The highest BCUT2D eigenvalue weighted by molar-refractivity contribution is 5.65. The largest absolute Gasteiger partial charge is 0.366 e. The third-order valence-corrected chi connectivity index (χ3v) is 3.97. The Morgan fingerprint density at radius 1 is 1.40 bits per heavy atom. The fraction of sp³-hybridized carbons (Fsp3) is 0.500. The van der Waals surface area contributed by atoms with Gasteiger partial charge in [0.2, 0.25) is 0 Å². The standard InChI is InChI=1S/C14H18N4O2/c1-17(12-5-3-11(16)4-6-12)13-7-2-10(9-15)8-14(13)18(19)20/h2,7-8,11-12H,3-6,16H2,1H3. The Bertz CT molecular complexity index is 545. The number of nitro groups is 1. The molecule has 106 valence electrons. The summed E-state index contributed by atoms with van der Waals surface area (Å²) in [7, 11) is 1.87. The van der Waals surface area contributed by atoms with Crippen molar-refractivity contribution >= 4 is 11.4 Å². The Kier molecular flexibility index (Phi) is 4.20. The molecule has 6 heteroatoms. The van der Waals surface area contributed by atoms with E-state index in [2.05, 4.69) is 0 Å². The smallest absolute Gasteiger partial charge is 0.293 e. The predicted molar refractivity (Wildman–Crippen MR) is 76.4 cm³/mol. The second-order valence-electron chi connectivity index (χ2n) is 5.25. The molecule has 0 aromatic heterocycles. The molecule has 2 rings (SSSR count). The molecule has 1 saturated carbocycles. The minimum Gasteiger partial charge on any atom is -0.366 e. The van der Waals surface area contributed by atoms with Crippen LogP contribution in [0.25, 0.3) is 0 Å². The molecule has 1 aliphatic rings. The molecule has 0 aliphatic heterocycles. The van der Waals surface area contributed by atoms with E-state index in [0.29, 0.717) is 11.3 Å². The molecular formula is C14H18N4O2. The first-order valence-corrected chi connectivity index (χ1v) is 6.70. The summed E-state index contributed by atoms with van der Waals surface area (Å²) < 4.78 is 0. The topological polar surface area (TPSA) is 96.2 Å². The molecule has 1 fully saturated rings. The lowest BCUT2D eigenvalue weighted by atomic mass is 9.90. The Morgan fingerprint density at radius 2 is 2.05 bits per heavy atom. The average molecular weight is 274 g/mol. The molecule has 0 radical (unpaired) electrons.